The fourth-order valence-corrected chi connectivity index (χ4v) is 2.62. The minimum Gasteiger partial charge on any atom is -0.358 e. The van der Waals surface area contributed by atoms with Gasteiger partial charge in [0, 0.05) is 19.1 Å². The minimum absolute atomic E-state index is 0.0457. The number of likely N-dealkylation sites (N-methyl/N-ethyl adjacent to an activating group) is 1. The molecule has 0 bridgehead atoms. The molecule has 1 rings (SSSR count). The minimum atomic E-state index is -0.0457. The number of carbonyl (C=O) groups is 1. The van der Waals surface area contributed by atoms with Crippen molar-refractivity contribution in [1.82, 2.24) is 15.5 Å². The molecule has 0 aromatic heterocycles. The maximum atomic E-state index is 11.9. The lowest BCUT2D eigenvalue weighted by Gasteiger charge is -2.37. The topological polar surface area (TPSA) is 44.4 Å². The molecule has 3 atom stereocenters. The molecule has 0 aromatic rings. The van der Waals surface area contributed by atoms with E-state index in [2.05, 4.69) is 43.4 Å². The Labute approximate surface area is 111 Å². The zero-order valence-corrected chi connectivity index (χ0v) is 12.5. The third-order valence-electron chi connectivity index (χ3n) is 3.92. The van der Waals surface area contributed by atoms with Crippen molar-refractivity contribution < 1.29 is 4.79 Å². The van der Waals surface area contributed by atoms with Crippen LogP contribution in [0.2, 0.25) is 0 Å². The molecule has 0 aliphatic carbocycles. The summed E-state index contributed by atoms with van der Waals surface area (Å²) in [5.74, 6) is 0.652. The lowest BCUT2D eigenvalue weighted by molar-refractivity contribution is -0.123. The molecular formula is C14H29N3O. The molecule has 4 heteroatoms. The second-order valence-electron chi connectivity index (χ2n) is 6.01. The van der Waals surface area contributed by atoms with Crippen molar-refractivity contribution in [3.05, 3.63) is 0 Å². The number of amides is 1. The summed E-state index contributed by atoms with van der Waals surface area (Å²) in [7, 11) is 3.89. The molecule has 18 heavy (non-hydrogen) atoms. The summed E-state index contributed by atoms with van der Waals surface area (Å²) in [6.45, 7) is 7.69. The normalized spacial score (nSPS) is 27.2. The van der Waals surface area contributed by atoms with Crippen LogP contribution >= 0.6 is 0 Å². The van der Waals surface area contributed by atoms with E-state index in [0.29, 0.717) is 18.0 Å². The smallest absolute Gasteiger partial charge is 0.236 e. The van der Waals surface area contributed by atoms with Crippen LogP contribution in [0.4, 0.5) is 0 Å². The van der Waals surface area contributed by atoms with Gasteiger partial charge >= 0.3 is 0 Å². The van der Waals surface area contributed by atoms with Gasteiger partial charge in [0.25, 0.3) is 0 Å². The van der Waals surface area contributed by atoms with Crippen molar-refractivity contribution in [3.8, 4) is 0 Å². The zero-order valence-electron chi connectivity index (χ0n) is 12.5. The van der Waals surface area contributed by atoms with Gasteiger partial charge in [-0.1, -0.05) is 13.8 Å². The van der Waals surface area contributed by atoms with Crippen LogP contribution < -0.4 is 10.6 Å². The molecular weight excluding hydrogens is 226 g/mol. The maximum absolute atomic E-state index is 11.9. The second-order valence-corrected chi connectivity index (χ2v) is 6.01. The number of hydrogen-bond donors (Lipinski definition) is 2. The Hall–Kier alpha value is -0.610. The largest absolute Gasteiger partial charge is 0.358 e. The average molecular weight is 255 g/mol. The van der Waals surface area contributed by atoms with E-state index in [1.54, 1.807) is 7.05 Å². The van der Waals surface area contributed by atoms with Gasteiger partial charge in [0.1, 0.15) is 0 Å². The van der Waals surface area contributed by atoms with Gasteiger partial charge in [0.2, 0.25) is 5.91 Å². The summed E-state index contributed by atoms with van der Waals surface area (Å²) in [6, 6.07) is 1.02. The van der Waals surface area contributed by atoms with Crippen LogP contribution in [-0.2, 0) is 4.79 Å². The predicted molar refractivity (Wildman–Crippen MR) is 75.6 cm³/mol. The van der Waals surface area contributed by atoms with Crippen LogP contribution in [0.5, 0.6) is 0 Å². The Morgan fingerprint density at radius 1 is 1.44 bits per heavy atom. The Balaban J connectivity index is 2.52. The molecule has 0 radical (unpaired) electrons. The first kappa shape index (κ1) is 15.4. The summed E-state index contributed by atoms with van der Waals surface area (Å²) in [6.07, 6.45) is 3.16. The van der Waals surface area contributed by atoms with Gasteiger partial charge in [-0.25, -0.2) is 0 Å². The van der Waals surface area contributed by atoms with E-state index >= 15 is 0 Å². The van der Waals surface area contributed by atoms with Gasteiger partial charge in [-0.15, -0.1) is 0 Å². The van der Waals surface area contributed by atoms with E-state index < -0.39 is 0 Å². The van der Waals surface area contributed by atoms with Gasteiger partial charge in [0.15, 0.2) is 0 Å². The van der Waals surface area contributed by atoms with Gasteiger partial charge in [-0.05, 0) is 45.7 Å². The van der Waals surface area contributed by atoms with Gasteiger partial charge < -0.3 is 15.5 Å². The van der Waals surface area contributed by atoms with Gasteiger partial charge in [-0.2, -0.15) is 0 Å². The van der Waals surface area contributed by atoms with E-state index in [1.807, 2.05) is 0 Å². The SMILES string of the molecule is CNC(=O)C(CC(C)C)NC1CCN(C)C(C)C1. The molecule has 0 aromatic carbocycles. The van der Waals surface area contributed by atoms with Crippen LogP contribution in [0.3, 0.4) is 0 Å². The van der Waals surface area contributed by atoms with E-state index in [1.165, 1.54) is 0 Å². The number of piperidine rings is 1. The Kier molecular flexibility index (Phi) is 6.09. The first-order valence-corrected chi connectivity index (χ1v) is 7.12. The highest BCUT2D eigenvalue weighted by Gasteiger charge is 2.27. The van der Waals surface area contributed by atoms with E-state index in [4.69, 9.17) is 0 Å². The first-order valence-electron chi connectivity index (χ1n) is 7.12. The van der Waals surface area contributed by atoms with Crippen molar-refractivity contribution in [3.63, 3.8) is 0 Å². The Bertz CT molecular complexity index is 268. The lowest BCUT2D eigenvalue weighted by Crippen LogP contribution is -2.52. The summed E-state index contributed by atoms with van der Waals surface area (Å²) in [5, 5.41) is 6.32. The fraction of sp³-hybridized carbons (Fsp3) is 0.929. The third-order valence-corrected chi connectivity index (χ3v) is 3.92. The molecule has 1 heterocycles. The van der Waals surface area contributed by atoms with E-state index in [-0.39, 0.29) is 11.9 Å². The lowest BCUT2D eigenvalue weighted by atomic mass is 9.96. The highest BCUT2D eigenvalue weighted by molar-refractivity contribution is 5.81. The predicted octanol–water partition coefficient (Wildman–Crippen LogP) is 1.22. The summed E-state index contributed by atoms with van der Waals surface area (Å²) in [5.41, 5.74) is 0. The monoisotopic (exact) mass is 255 g/mol. The van der Waals surface area contributed by atoms with Crippen molar-refractivity contribution in [1.29, 1.82) is 0 Å². The molecule has 106 valence electrons. The van der Waals surface area contributed by atoms with Crippen LogP contribution in [0, 0.1) is 5.92 Å². The number of nitrogens with zero attached hydrogens (tertiary/aromatic N) is 1. The number of rotatable bonds is 5. The van der Waals surface area contributed by atoms with E-state index in [0.717, 1.165) is 25.8 Å². The summed E-state index contributed by atoms with van der Waals surface area (Å²) in [4.78, 5) is 14.3. The standard InChI is InChI=1S/C14H29N3O/c1-10(2)8-13(14(18)15-4)16-12-6-7-17(5)11(3)9-12/h10-13,16H,6-9H2,1-5H3,(H,15,18). The first-order chi connectivity index (χ1) is 8.43. The number of nitrogens with one attached hydrogen (secondary N) is 2. The highest BCUT2D eigenvalue weighted by atomic mass is 16.2. The molecule has 2 N–H and O–H groups in total. The average Bonchev–Trinajstić information content (AvgIpc) is 2.31. The quantitative estimate of drug-likeness (QED) is 0.776. The maximum Gasteiger partial charge on any atom is 0.236 e. The number of carbonyl (C=O) groups excluding carboxylic acids is 1. The van der Waals surface area contributed by atoms with Gasteiger partial charge in [-0.3, -0.25) is 4.79 Å². The van der Waals surface area contributed by atoms with Crippen LogP contribution in [0.15, 0.2) is 0 Å². The molecule has 1 aliphatic rings. The van der Waals surface area contributed by atoms with E-state index in [9.17, 15) is 4.79 Å². The zero-order chi connectivity index (χ0) is 13.7. The van der Waals surface area contributed by atoms with Crippen LogP contribution in [-0.4, -0.2) is 49.6 Å². The van der Waals surface area contributed by atoms with Crippen molar-refractivity contribution in [2.75, 3.05) is 20.6 Å². The molecule has 3 unspecified atom stereocenters. The second kappa shape index (κ2) is 7.10. The number of hydrogen-bond acceptors (Lipinski definition) is 3. The highest BCUT2D eigenvalue weighted by Crippen LogP contribution is 2.17. The molecule has 0 spiro atoms. The van der Waals surface area contributed by atoms with Crippen molar-refractivity contribution in [2.45, 2.75) is 58.2 Å². The molecule has 4 nitrogen and oxygen atoms in total. The van der Waals surface area contributed by atoms with Gasteiger partial charge in [0.05, 0.1) is 6.04 Å². The summed E-state index contributed by atoms with van der Waals surface area (Å²) >= 11 is 0. The molecule has 1 amide bonds. The van der Waals surface area contributed by atoms with Crippen LogP contribution in [0.1, 0.15) is 40.0 Å². The van der Waals surface area contributed by atoms with Crippen molar-refractivity contribution >= 4 is 5.91 Å². The Morgan fingerprint density at radius 3 is 2.61 bits per heavy atom. The molecule has 1 aliphatic heterocycles. The Morgan fingerprint density at radius 2 is 2.11 bits per heavy atom. The van der Waals surface area contributed by atoms with Crippen molar-refractivity contribution in [2.24, 2.45) is 5.92 Å². The third kappa shape index (κ3) is 4.58. The number of likely N-dealkylation sites (tertiary alicyclic amines) is 1. The fourth-order valence-electron chi connectivity index (χ4n) is 2.62. The molecule has 1 saturated heterocycles. The summed E-state index contributed by atoms with van der Waals surface area (Å²) < 4.78 is 0. The molecule has 1 fully saturated rings. The molecule has 0 saturated carbocycles. The van der Waals surface area contributed by atoms with Crippen LogP contribution in [0.25, 0.3) is 0 Å².